The van der Waals surface area contributed by atoms with E-state index >= 15 is 0 Å². The van der Waals surface area contributed by atoms with E-state index in [4.69, 9.17) is 27.9 Å². The Bertz CT molecular complexity index is 1020. The molecule has 7 heteroatoms. The van der Waals surface area contributed by atoms with Gasteiger partial charge in [-0.1, -0.05) is 47.5 Å². The van der Waals surface area contributed by atoms with E-state index in [-0.39, 0.29) is 12.5 Å². The van der Waals surface area contributed by atoms with Crippen LogP contribution in [0.2, 0.25) is 10.0 Å². The van der Waals surface area contributed by atoms with Crippen LogP contribution in [0.25, 0.3) is 0 Å². The van der Waals surface area contributed by atoms with Gasteiger partial charge in [0.2, 0.25) is 0 Å². The molecule has 0 radical (unpaired) electrons. The molecule has 154 valence electrons. The van der Waals surface area contributed by atoms with Crippen LogP contribution in [0.15, 0.2) is 66.9 Å². The minimum atomic E-state index is -0.0338. The number of pyridine rings is 1. The van der Waals surface area contributed by atoms with Gasteiger partial charge in [-0.25, -0.2) is 4.98 Å². The van der Waals surface area contributed by atoms with Crippen molar-refractivity contribution in [2.24, 2.45) is 0 Å². The maximum absolute atomic E-state index is 13.2. The largest absolute Gasteiger partial charge is 0.488 e. The SMILES string of the molecule is O=C(c1ccccc1OCc1ccc(Cl)cc1Cl)N1CCN(c2ccccn2)CC1. The Morgan fingerprint density at radius 3 is 2.47 bits per heavy atom. The van der Waals surface area contributed by atoms with Gasteiger partial charge in [-0.3, -0.25) is 4.79 Å². The molecule has 0 saturated carbocycles. The van der Waals surface area contributed by atoms with Crippen LogP contribution in [0.3, 0.4) is 0 Å². The first kappa shape index (κ1) is 20.5. The van der Waals surface area contributed by atoms with Crippen molar-refractivity contribution in [3.8, 4) is 5.75 Å². The summed E-state index contributed by atoms with van der Waals surface area (Å²) in [7, 11) is 0. The number of carbonyl (C=O) groups is 1. The molecule has 3 aromatic rings. The molecule has 1 aliphatic heterocycles. The smallest absolute Gasteiger partial charge is 0.257 e. The van der Waals surface area contributed by atoms with Gasteiger partial charge in [-0.15, -0.1) is 0 Å². The van der Waals surface area contributed by atoms with Crippen molar-refractivity contribution in [1.82, 2.24) is 9.88 Å². The molecule has 1 amide bonds. The number of rotatable bonds is 5. The molecule has 0 atom stereocenters. The van der Waals surface area contributed by atoms with Crippen molar-refractivity contribution < 1.29 is 9.53 Å². The van der Waals surface area contributed by atoms with Gasteiger partial charge in [0.15, 0.2) is 0 Å². The number of ether oxygens (including phenoxy) is 1. The highest BCUT2D eigenvalue weighted by molar-refractivity contribution is 6.35. The number of para-hydroxylation sites is 1. The average molecular weight is 442 g/mol. The van der Waals surface area contributed by atoms with Gasteiger partial charge in [-0.2, -0.15) is 0 Å². The van der Waals surface area contributed by atoms with E-state index in [0.29, 0.717) is 34.4 Å². The maximum atomic E-state index is 13.2. The lowest BCUT2D eigenvalue weighted by atomic mass is 10.1. The Hall–Kier alpha value is -2.76. The van der Waals surface area contributed by atoms with Gasteiger partial charge in [0.05, 0.1) is 5.56 Å². The van der Waals surface area contributed by atoms with E-state index in [1.807, 2.05) is 41.3 Å². The van der Waals surface area contributed by atoms with Crippen molar-refractivity contribution in [1.29, 1.82) is 0 Å². The molecule has 1 saturated heterocycles. The summed E-state index contributed by atoms with van der Waals surface area (Å²) in [6.45, 7) is 3.01. The highest BCUT2D eigenvalue weighted by Gasteiger charge is 2.24. The molecule has 2 heterocycles. The fraction of sp³-hybridized carbons (Fsp3) is 0.217. The molecule has 1 fully saturated rings. The molecule has 2 aromatic carbocycles. The third kappa shape index (κ3) is 4.69. The molecule has 1 aromatic heterocycles. The predicted molar refractivity (Wildman–Crippen MR) is 120 cm³/mol. The highest BCUT2D eigenvalue weighted by atomic mass is 35.5. The molecule has 0 N–H and O–H groups in total. The molecule has 4 rings (SSSR count). The van der Waals surface area contributed by atoms with Crippen molar-refractivity contribution >= 4 is 34.9 Å². The second-order valence-corrected chi connectivity index (χ2v) is 7.83. The summed E-state index contributed by atoms with van der Waals surface area (Å²) >= 11 is 12.2. The van der Waals surface area contributed by atoms with Crippen LogP contribution in [0.1, 0.15) is 15.9 Å². The lowest BCUT2D eigenvalue weighted by molar-refractivity contribution is 0.0741. The first-order valence-corrected chi connectivity index (χ1v) is 10.5. The van der Waals surface area contributed by atoms with E-state index in [2.05, 4.69) is 9.88 Å². The standard InChI is InChI=1S/C23H21Cl2N3O2/c24-18-9-8-17(20(25)15-18)16-30-21-6-2-1-5-19(21)23(29)28-13-11-27(12-14-28)22-7-3-4-10-26-22/h1-10,15H,11-14,16H2. The zero-order valence-electron chi connectivity index (χ0n) is 16.3. The van der Waals surface area contributed by atoms with Crippen LogP contribution in [-0.4, -0.2) is 42.0 Å². The topological polar surface area (TPSA) is 45.7 Å². The molecular weight excluding hydrogens is 421 g/mol. The third-order valence-corrected chi connectivity index (χ3v) is 5.64. The number of aromatic nitrogens is 1. The van der Waals surface area contributed by atoms with E-state index in [0.717, 1.165) is 24.5 Å². The number of carbonyl (C=O) groups excluding carboxylic acids is 1. The van der Waals surface area contributed by atoms with Gasteiger partial charge in [-0.05, 0) is 36.4 Å². The van der Waals surface area contributed by atoms with Crippen LogP contribution in [0, 0.1) is 0 Å². The van der Waals surface area contributed by atoms with Crippen LogP contribution < -0.4 is 9.64 Å². The summed E-state index contributed by atoms with van der Waals surface area (Å²) in [6.07, 6.45) is 1.79. The monoisotopic (exact) mass is 441 g/mol. The summed E-state index contributed by atoms with van der Waals surface area (Å²) in [4.78, 5) is 21.6. The number of hydrogen-bond donors (Lipinski definition) is 0. The van der Waals surface area contributed by atoms with E-state index < -0.39 is 0 Å². The highest BCUT2D eigenvalue weighted by Crippen LogP contribution is 2.25. The number of anilines is 1. The van der Waals surface area contributed by atoms with Gasteiger partial charge in [0, 0.05) is 48.0 Å². The van der Waals surface area contributed by atoms with Crippen molar-refractivity contribution in [2.45, 2.75) is 6.61 Å². The first-order valence-electron chi connectivity index (χ1n) is 9.73. The molecule has 0 bridgehead atoms. The lowest BCUT2D eigenvalue weighted by Crippen LogP contribution is -2.49. The van der Waals surface area contributed by atoms with E-state index in [9.17, 15) is 4.79 Å². The average Bonchev–Trinajstić information content (AvgIpc) is 2.79. The minimum Gasteiger partial charge on any atom is -0.488 e. The zero-order chi connectivity index (χ0) is 20.9. The Balaban J connectivity index is 1.42. The molecule has 0 unspecified atom stereocenters. The van der Waals surface area contributed by atoms with E-state index in [1.165, 1.54) is 0 Å². The molecule has 0 spiro atoms. The molecular formula is C23H21Cl2N3O2. The molecule has 5 nitrogen and oxygen atoms in total. The normalized spacial score (nSPS) is 13.9. The Morgan fingerprint density at radius 2 is 1.73 bits per heavy atom. The quantitative estimate of drug-likeness (QED) is 0.562. The second kappa shape index (κ2) is 9.37. The Labute approximate surface area is 185 Å². The molecule has 30 heavy (non-hydrogen) atoms. The Kier molecular flexibility index (Phi) is 6.41. The number of amides is 1. The zero-order valence-corrected chi connectivity index (χ0v) is 17.8. The summed E-state index contributed by atoms with van der Waals surface area (Å²) in [5.74, 6) is 1.45. The van der Waals surface area contributed by atoms with Gasteiger partial charge >= 0.3 is 0 Å². The van der Waals surface area contributed by atoms with Crippen LogP contribution in [0.4, 0.5) is 5.82 Å². The lowest BCUT2D eigenvalue weighted by Gasteiger charge is -2.35. The minimum absolute atomic E-state index is 0.0338. The second-order valence-electron chi connectivity index (χ2n) is 6.99. The van der Waals surface area contributed by atoms with Crippen LogP contribution in [0.5, 0.6) is 5.75 Å². The predicted octanol–water partition coefficient (Wildman–Crippen LogP) is 4.93. The number of benzene rings is 2. The van der Waals surface area contributed by atoms with Crippen LogP contribution in [-0.2, 0) is 6.61 Å². The van der Waals surface area contributed by atoms with Crippen molar-refractivity contribution in [3.63, 3.8) is 0 Å². The molecule has 0 aliphatic carbocycles. The van der Waals surface area contributed by atoms with E-state index in [1.54, 1.807) is 30.5 Å². The summed E-state index contributed by atoms with van der Waals surface area (Å²) in [5, 5.41) is 1.11. The summed E-state index contributed by atoms with van der Waals surface area (Å²) in [5.41, 5.74) is 1.36. The summed E-state index contributed by atoms with van der Waals surface area (Å²) < 4.78 is 5.95. The maximum Gasteiger partial charge on any atom is 0.257 e. The molecule has 1 aliphatic rings. The Morgan fingerprint density at radius 1 is 0.967 bits per heavy atom. The van der Waals surface area contributed by atoms with Crippen molar-refractivity contribution in [2.75, 3.05) is 31.1 Å². The van der Waals surface area contributed by atoms with Crippen molar-refractivity contribution in [3.05, 3.63) is 88.0 Å². The van der Waals surface area contributed by atoms with Crippen LogP contribution >= 0.6 is 23.2 Å². The first-order chi connectivity index (χ1) is 14.6. The number of piperazine rings is 1. The fourth-order valence-electron chi connectivity index (χ4n) is 3.41. The number of hydrogen-bond acceptors (Lipinski definition) is 4. The summed E-state index contributed by atoms with van der Waals surface area (Å²) in [6, 6.07) is 18.4. The van der Waals surface area contributed by atoms with Gasteiger partial charge < -0.3 is 14.5 Å². The number of halogens is 2. The van der Waals surface area contributed by atoms with Gasteiger partial charge in [0.1, 0.15) is 18.2 Å². The van der Waals surface area contributed by atoms with Gasteiger partial charge in [0.25, 0.3) is 5.91 Å². The third-order valence-electron chi connectivity index (χ3n) is 5.06. The fourth-order valence-corrected chi connectivity index (χ4v) is 3.88. The number of nitrogens with zero attached hydrogens (tertiary/aromatic N) is 3.